The zero-order valence-electron chi connectivity index (χ0n) is 11.3. The van der Waals surface area contributed by atoms with Crippen molar-refractivity contribution in [3.63, 3.8) is 0 Å². The lowest BCUT2D eigenvalue weighted by atomic mass is 10.1. The molecule has 1 aromatic rings. The second kappa shape index (κ2) is 8.30. The van der Waals surface area contributed by atoms with Crippen LogP contribution < -0.4 is 5.32 Å². The first kappa shape index (κ1) is 15.2. The number of anilines is 1. The van der Waals surface area contributed by atoms with Crippen LogP contribution in [0.1, 0.15) is 24.0 Å². The van der Waals surface area contributed by atoms with E-state index in [0.717, 1.165) is 16.8 Å². The van der Waals surface area contributed by atoms with Gasteiger partial charge in [-0.1, -0.05) is 11.8 Å². The second-order valence-electron chi connectivity index (χ2n) is 4.19. The van der Waals surface area contributed by atoms with Gasteiger partial charge in [-0.25, -0.2) is 0 Å². The summed E-state index contributed by atoms with van der Waals surface area (Å²) in [6.07, 6.45) is 1.13. The number of rotatable bonds is 5. The summed E-state index contributed by atoms with van der Waals surface area (Å²) < 4.78 is 4.90. The number of aliphatic hydroxyl groups excluding tert-OH is 1. The van der Waals surface area contributed by atoms with Crippen LogP contribution in [-0.2, 0) is 9.53 Å². The van der Waals surface area contributed by atoms with Crippen molar-refractivity contribution >= 4 is 11.6 Å². The number of carbonyl (C=O) groups is 1. The van der Waals surface area contributed by atoms with E-state index in [1.165, 1.54) is 0 Å². The van der Waals surface area contributed by atoms with E-state index in [1.807, 2.05) is 19.1 Å². The molecule has 0 aromatic heterocycles. The van der Waals surface area contributed by atoms with Gasteiger partial charge in [0.25, 0.3) is 0 Å². The molecular formula is C15H19NO3. The molecule has 4 nitrogen and oxygen atoms in total. The fourth-order valence-electron chi connectivity index (χ4n) is 1.67. The Morgan fingerprint density at radius 3 is 2.89 bits per heavy atom. The Kier molecular flexibility index (Phi) is 6.65. The molecule has 0 aliphatic rings. The Labute approximate surface area is 113 Å². The molecule has 0 saturated carbocycles. The number of benzene rings is 1. The van der Waals surface area contributed by atoms with Crippen molar-refractivity contribution in [2.75, 3.05) is 25.6 Å². The van der Waals surface area contributed by atoms with Crippen LogP contribution in [0.3, 0.4) is 0 Å². The van der Waals surface area contributed by atoms with Gasteiger partial charge in [0, 0.05) is 31.4 Å². The van der Waals surface area contributed by atoms with Crippen molar-refractivity contribution in [1.29, 1.82) is 0 Å². The van der Waals surface area contributed by atoms with E-state index in [9.17, 15) is 4.79 Å². The topological polar surface area (TPSA) is 58.6 Å². The molecule has 0 spiro atoms. The average Bonchev–Trinajstić information content (AvgIpc) is 2.36. The van der Waals surface area contributed by atoms with Crippen LogP contribution in [-0.4, -0.2) is 31.3 Å². The first-order valence-electron chi connectivity index (χ1n) is 6.16. The number of hydrogen-bond acceptors (Lipinski definition) is 3. The maximum Gasteiger partial charge on any atom is 0.224 e. The van der Waals surface area contributed by atoms with Gasteiger partial charge < -0.3 is 15.2 Å². The Morgan fingerprint density at radius 2 is 2.21 bits per heavy atom. The number of hydrogen-bond donors (Lipinski definition) is 2. The summed E-state index contributed by atoms with van der Waals surface area (Å²) >= 11 is 0. The van der Waals surface area contributed by atoms with Gasteiger partial charge in [0.1, 0.15) is 6.61 Å². The van der Waals surface area contributed by atoms with Crippen molar-refractivity contribution in [2.24, 2.45) is 0 Å². The van der Waals surface area contributed by atoms with Crippen LogP contribution in [0.15, 0.2) is 18.2 Å². The van der Waals surface area contributed by atoms with Crippen molar-refractivity contribution in [2.45, 2.75) is 19.8 Å². The normalized spacial score (nSPS) is 9.63. The highest BCUT2D eigenvalue weighted by Crippen LogP contribution is 2.14. The highest BCUT2D eigenvalue weighted by Gasteiger charge is 2.03. The lowest BCUT2D eigenvalue weighted by molar-refractivity contribution is -0.116. The fraction of sp³-hybridized carbons (Fsp3) is 0.400. The predicted octanol–water partition coefficient (Wildman–Crippen LogP) is 1.70. The zero-order chi connectivity index (χ0) is 14.1. The summed E-state index contributed by atoms with van der Waals surface area (Å²) in [6.45, 7) is 2.34. The molecule has 0 radical (unpaired) electrons. The van der Waals surface area contributed by atoms with Gasteiger partial charge in [-0.15, -0.1) is 0 Å². The van der Waals surface area contributed by atoms with E-state index in [2.05, 4.69) is 17.2 Å². The molecular weight excluding hydrogens is 242 g/mol. The van der Waals surface area contributed by atoms with Gasteiger partial charge in [0.2, 0.25) is 5.91 Å². The van der Waals surface area contributed by atoms with E-state index in [-0.39, 0.29) is 12.5 Å². The number of aliphatic hydroxyl groups is 1. The molecule has 0 atom stereocenters. The lowest BCUT2D eigenvalue weighted by Crippen LogP contribution is -2.12. The van der Waals surface area contributed by atoms with Gasteiger partial charge in [0.15, 0.2) is 0 Å². The number of methoxy groups -OCH3 is 1. The van der Waals surface area contributed by atoms with Crippen LogP contribution in [0.5, 0.6) is 0 Å². The molecule has 0 bridgehead atoms. The molecule has 0 saturated heterocycles. The summed E-state index contributed by atoms with van der Waals surface area (Å²) in [5, 5.41) is 11.5. The maximum absolute atomic E-state index is 11.7. The Bertz CT molecular complexity index is 486. The SMILES string of the molecule is COCCCC(=O)Nc1cc(C)cc(C#CCO)c1. The zero-order valence-corrected chi connectivity index (χ0v) is 11.3. The third-order valence-electron chi connectivity index (χ3n) is 2.43. The molecule has 1 aromatic carbocycles. The van der Waals surface area contributed by atoms with E-state index < -0.39 is 0 Å². The Balaban J connectivity index is 2.67. The molecule has 19 heavy (non-hydrogen) atoms. The molecule has 0 fully saturated rings. The van der Waals surface area contributed by atoms with Gasteiger partial charge in [0.05, 0.1) is 0 Å². The predicted molar refractivity (Wildman–Crippen MR) is 74.9 cm³/mol. The number of carbonyl (C=O) groups excluding carboxylic acids is 1. The summed E-state index contributed by atoms with van der Waals surface area (Å²) in [7, 11) is 1.62. The summed E-state index contributed by atoms with van der Waals surface area (Å²) in [6, 6.07) is 5.59. The number of ether oxygens (including phenoxy) is 1. The molecule has 4 heteroatoms. The number of aryl methyl sites for hydroxylation is 1. The highest BCUT2D eigenvalue weighted by atomic mass is 16.5. The van der Waals surface area contributed by atoms with Crippen molar-refractivity contribution < 1.29 is 14.6 Å². The first-order valence-corrected chi connectivity index (χ1v) is 6.16. The second-order valence-corrected chi connectivity index (χ2v) is 4.19. The van der Waals surface area contributed by atoms with Gasteiger partial charge in [-0.3, -0.25) is 4.79 Å². The monoisotopic (exact) mass is 261 g/mol. The van der Waals surface area contributed by atoms with Gasteiger partial charge >= 0.3 is 0 Å². The quantitative estimate of drug-likeness (QED) is 0.626. The van der Waals surface area contributed by atoms with Crippen LogP contribution in [0.25, 0.3) is 0 Å². The minimum atomic E-state index is -0.174. The highest BCUT2D eigenvalue weighted by molar-refractivity contribution is 5.91. The standard InChI is InChI=1S/C15H19NO3/c1-12-9-13(5-3-7-17)11-14(10-12)16-15(18)6-4-8-19-2/h9-11,17H,4,6-8H2,1-2H3,(H,16,18). The van der Waals surface area contributed by atoms with Crippen LogP contribution in [0.2, 0.25) is 0 Å². The third-order valence-corrected chi connectivity index (χ3v) is 2.43. The molecule has 0 heterocycles. The van der Waals surface area contributed by atoms with Gasteiger partial charge in [-0.05, 0) is 37.1 Å². The molecule has 102 valence electrons. The number of amides is 1. The Hall–Kier alpha value is -1.83. The summed E-state index contributed by atoms with van der Waals surface area (Å²) in [5.41, 5.74) is 2.52. The smallest absolute Gasteiger partial charge is 0.224 e. The first-order chi connectivity index (χ1) is 9.15. The largest absolute Gasteiger partial charge is 0.385 e. The number of nitrogens with one attached hydrogen (secondary N) is 1. The van der Waals surface area contributed by atoms with Crippen molar-refractivity contribution in [1.82, 2.24) is 0 Å². The van der Waals surface area contributed by atoms with E-state index >= 15 is 0 Å². The van der Waals surface area contributed by atoms with Crippen molar-refractivity contribution in [3.8, 4) is 11.8 Å². The maximum atomic E-state index is 11.7. The molecule has 0 aliphatic carbocycles. The van der Waals surface area contributed by atoms with Crippen LogP contribution in [0, 0.1) is 18.8 Å². The van der Waals surface area contributed by atoms with Crippen LogP contribution >= 0.6 is 0 Å². The molecule has 1 rings (SSSR count). The molecule has 0 aliphatic heterocycles. The van der Waals surface area contributed by atoms with E-state index in [1.54, 1.807) is 13.2 Å². The van der Waals surface area contributed by atoms with E-state index in [4.69, 9.17) is 9.84 Å². The minimum Gasteiger partial charge on any atom is -0.385 e. The van der Waals surface area contributed by atoms with Gasteiger partial charge in [-0.2, -0.15) is 0 Å². The summed E-state index contributed by atoms with van der Waals surface area (Å²) in [5.74, 6) is 5.38. The van der Waals surface area contributed by atoms with E-state index in [0.29, 0.717) is 19.4 Å². The average molecular weight is 261 g/mol. The molecule has 1 amide bonds. The lowest BCUT2D eigenvalue weighted by Gasteiger charge is -2.07. The molecule has 2 N–H and O–H groups in total. The molecule has 0 unspecified atom stereocenters. The van der Waals surface area contributed by atoms with Crippen molar-refractivity contribution in [3.05, 3.63) is 29.3 Å². The Morgan fingerprint density at radius 1 is 1.42 bits per heavy atom. The summed E-state index contributed by atoms with van der Waals surface area (Å²) in [4.78, 5) is 11.7. The third kappa shape index (κ3) is 6.05. The minimum absolute atomic E-state index is 0.0382. The van der Waals surface area contributed by atoms with Crippen LogP contribution in [0.4, 0.5) is 5.69 Å². The fourth-order valence-corrected chi connectivity index (χ4v) is 1.67.